The maximum Gasteiger partial charge on any atom is 0.0704 e. The van der Waals surface area contributed by atoms with E-state index in [2.05, 4.69) is 0 Å². The van der Waals surface area contributed by atoms with Crippen LogP contribution in [0.5, 0.6) is 0 Å². The second-order valence-electron chi connectivity index (χ2n) is 5.66. The fourth-order valence-corrected chi connectivity index (χ4v) is 2.53. The molecular formula is C16H34N2O4. The monoisotopic (exact) mass is 318 g/mol. The second-order valence-corrected chi connectivity index (χ2v) is 5.66. The van der Waals surface area contributed by atoms with Crippen LogP contribution in [0.2, 0.25) is 0 Å². The molecule has 6 heteroatoms. The predicted molar refractivity (Wildman–Crippen MR) is 86.9 cm³/mol. The van der Waals surface area contributed by atoms with Gasteiger partial charge in [-0.1, -0.05) is 0 Å². The molecule has 4 N–H and O–H groups in total. The Hall–Kier alpha value is -0.240. The van der Waals surface area contributed by atoms with E-state index in [1.54, 1.807) is 0 Å². The Kier molecular flexibility index (Phi) is 12.9. The Morgan fingerprint density at radius 2 is 1.18 bits per heavy atom. The van der Waals surface area contributed by atoms with Gasteiger partial charge in [0.1, 0.15) is 0 Å². The Morgan fingerprint density at radius 3 is 1.64 bits per heavy atom. The van der Waals surface area contributed by atoms with Crippen molar-refractivity contribution in [2.45, 2.75) is 50.7 Å². The van der Waals surface area contributed by atoms with Crippen molar-refractivity contribution in [3.05, 3.63) is 0 Å². The molecule has 1 saturated carbocycles. The normalized spacial score (nSPS) is 22.1. The maximum absolute atomic E-state index is 5.87. The van der Waals surface area contributed by atoms with Gasteiger partial charge in [0.2, 0.25) is 0 Å². The lowest BCUT2D eigenvalue weighted by atomic mass is 9.95. The largest absolute Gasteiger partial charge is 0.379 e. The summed E-state index contributed by atoms with van der Waals surface area (Å²) in [6, 6.07) is 0. The van der Waals surface area contributed by atoms with Gasteiger partial charge in [0.15, 0.2) is 0 Å². The van der Waals surface area contributed by atoms with Crippen LogP contribution < -0.4 is 11.5 Å². The molecule has 6 nitrogen and oxygen atoms in total. The van der Waals surface area contributed by atoms with Gasteiger partial charge in [-0.05, 0) is 51.6 Å². The van der Waals surface area contributed by atoms with Crippen molar-refractivity contribution < 1.29 is 18.9 Å². The first-order valence-corrected chi connectivity index (χ1v) is 8.65. The van der Waals surface area contributed by atoms with Gasteiger partial charge in [0.05, 0.1) is 38.6 Å². The van der Waals surface area contributed by atoms with E-state index in [1.165, 1.54) is 0 Å². The summed E-state index contributed by atoms with van der Waals surface area (Å²) in [5.41, 5.74) is 10.8. The lowest BCUT2D eigenvalue weighted by Crippen LogP contribution is -2.30. The van der Waals surface area contributed by atoms with Crippen LogP contribution in [0.4, 0.5) is 0 Å². The zero-order valence-electron chi connectivity index (χ0n) is 13.8. The minimum absolute atomic E-state index is 0.301. The van der Waals surface area contributed by atoms with Gasteiger partial charge in [0.25, 0.3) is 0 Å². The van der Waals surface area contributed by atoms with Crippen molar-refractivity contribution in [1.82, 2.24) is 0 Å². The molecule has 1 fully saturated rings. The van der Waals surface area contributed by atoms with Gasteiger partial charge in [-0.3, -0.25) is 0 Å². The van der Waals surface area contributed by atoms with Crippen LogP contribution in [0, 0.1) is 0 Å². The lowest BCUT2D eigenvalue weighted by Gasteiger charge is -2.29. The fourth-order valence-electron chi connectivity index (χ4n) is 2.53. The Balaban J connectivity index is 1.96. The molecule has 1 rings (SSSR count). The highest BCUT2D eigenvalue weighted by molar-refractivity contribution is 4.73. The summed E-state index contributed by atoms with van der Waals surface area (Å²) in [5, 5.41) is 0. The van der Waals surface area contributed by atoms with Crippen LogP contribution in [0.15, 0.2) is 0 Å². The van der Waals surface area contributed by atoms with E-state index in [9.17, 15) is 0 Å². The highest BCUT2D eigenvalue weighted by Crippen LogP contribution is 2.23. The van der Waals surface area contributed by atoms with Crippen molar-refractivity contribution in [2.75, 3.05) is 52.7 Å². The summed E-state index contributed by atoms with van der Waals surface area (Å²) in [4.78, 5) is 0. The molecule has 0 aliphatic heterocycles. The van der Waals surface area contributed by atoms with Crippen LogP contribution in [-0.2, 0) is 18.9 Å². The first-order valence-electron chi connectivity index (χ1n) is 8.65. The molecule has 1 aliphatic carbocycles. The Bertz CT molecular complexity index is 222. The molecule has 1 aliphatic rings. The molecule has 0 heterocycles. The Labute approximate surface area is 134 Å². The van der Waals surface area contributed by atoms with Crippen molar-refractivity contribution in [3.8, 4) is 0 Å². The van der Waals surface area contributed by atoms with Gasteiger partial charge in [0, 0.05) is 13.2 Å². The average molecular weight is 318 g/mol. The van der Waals surface area contributed by atoms with Crippen molar-refractivity contribution in [2.24, 2.45) is 11.5 Å². The van der Waals surface area contributed by atoms with E-state index in [0.29, 0.717) is 51.7 Å². The predicted octanol–water partition coefficient (Wildman–Crippen LogP) is 1.06. The molecule has 0 aromatic heterocycles. The molecule has 22 heavy (non-hydrogen) atoms. The fraction of sp³-hybridized carbons (Fsp3) is 1.00. The third kappa shape index (κ3) is 10.5. The van der Waals surface area contributed by atoms with E-state index in [0.717, 1.165) is 51.7 Å². The summed E-state index contributed by atoms with van der Waals surface area (Å²) in [6.07, 6.45) is 6.80. The van der Waals surface area contributed by atoms with Crippen molar-refractivity contribution in [3.63, 3.8) is 0 Å². The minimum atomic E-state index is 0.301. The van der Waals surface area contributed by atoms with Gasteiger partial charge in [-0.25, -0.2) is 0 Å². The summed E-state index contributed by atoms with van der Waals surface area (Å²) >= 11 is 0. The van der Waals surface area contributed by atoms with Crippen LogP contribution in [-0.4, -0.2) is 64.9 Å². The highest BCUT2D eigenvalue weighted by Gasteiger charge is 2.22. The van der Waals surface area contributed by atoms with Gasteiger partial charge >= 0.3 is 0 Å². The molecule has 0 radical (unpaired) electrons. The van der Waals surface area contributed by atoms with Crippen LogP contribution >= 0.6 is 0 Å². The number of hydrogen-bond donors (Lipinski definition) is 2. The average Bonchev–Trinajstić information content (AvgIpc) is 2.54. The molecule has 1 unspecified atom stereocenters. The van der Waals surface area contributed by atoms with Crippen LogP contribution in [0.1, 0.15) is 38.5 Å². The summed E-state index contributed by atoms with van der Waals surface area (Å²) < 4.78 is 22.6. The second kappa shape index (κ2) is 14.4. The van der Waals surface area contributed by atoms with Gasteiger partial charge in [-0.2, -0.15) is 0 Å². The van der Waals surface area contributed by atoms with E-state index >= 15 is 0 Å². The van der Waals surface area contributed by atoms with E-state index in [1.807, 2.05) is 0 Å². The maximum atomic E-state index is 5.87. The lowest BCUT2D eigenvalue weighted by molar-refractivity contribution is -0.0668. The van der Waals surface area contributed by atoms with E-state index < -0.39 is 0 Å². The number of nitrogens with two attached hydrogens (primary N) is 2. The molecule has 0 saturated heterocycles. The molecule has 0 spiro atoms. The molecule has 132 valence electrons. The standard InChI is InChI=1S/C16H34N2O4/c17-6-2-8-19-10-12-21-15-4-1-5-16(14-15)22-13-11-20-9-3-7-18/h15-16H,1-14,17-18H2/t15-,16?/m0/s1. The van der Waals surface area contributed by atoms with Gasteiger partial charge in [-0.15, -0.1) is 0 Å². The molecule has 0 aromatic rings. The third-order valence-electron chi connectivity index (χ3n) is 3.73. The molecule has 2 atom stereocenters. The molecule has 0 amide bonds. The zero-order valence-corrected chi connectivity index (χ0v) is 13.8. The highest BCUT2D eigenvalue weighted by atomic mass is 16.5. The number of ether oxygens (including phenoxy) is 4. The first-order chi connectivity index (χ1) is 10.9. The third-order valence-corrected chi connectivity index (χ3v) is 3.73. The summed E-state index contributed by atoms with van der Waals surface area (Å²) in [5.74, 6) is 0. The van der Waals surface area contributed by atoms with Crippen molar-refractivity contribution in [1.29, 1.82) is 0 Å². The minimum Gasteiger partial charge on any atom is -0.379 e. The van der Waals surface area contributed by atoms with Crippen molar-refractivity contribution >= 4 is 0 Å². The Morgan fingerprint density at radius 1 is 0.682 bits per heavy atom. The molecule has 0 aromatic carbocycles. The first kappa shape index (κ1) is 19.8. The van der Waals surface area contributed by atoms with E-state index in [4.69, 9.17) is 30.4 Å². The SMILES string of the molecule is NCCCOCCOC1CCC[C@H](OCCOCCCN)C1. The quantitative estimate of drug-likeness (QED) is 0.466. The van der Waals surface area contributed by atoms with Crippen LogP contribution in [0.25, 0.3) is 0 Å². The number of rotatable bonds is 14. The zero-order chi connectivity index (χ0) is 15.9. The molecule has 0 bridgehead atoms. The smallest absolute Gasteiger partial charge is 0.0704 e. The molecular weight excluding hydrogens is 284 g/mol. The number of hydrogen-bond acceptors (Lipinski definition) is 6. The topological polar surface area (TPSA) is 89.0 Å². The van der Waals surface area contributed by atoms with Crippen LogP contribution in [0.3, 0.4) is 0 Å². The van der Waals surface area contributed by atoms with E-state index in [-0.39, 0.29) is 0 Å². The van der Waals surface area contributed by atoms with Gasteiger partial charge < -0.3 is 30.4 Å². The summed E-state index contributed by atoms with van der Waals surface area (Å²) in [6.45, 7) is 5.42. The summed E-state index contributed by atoms with van der Waals surface area (Å²) in [7, 11) is 0.